The van der Waals surface area contributed by atoms with Crippen molar-refractivity contribution in [2.75, 3.05) is 23.4 Å². The van der Waals surface area contributed by atoms with Crippen LogP contribution < -0.4 is 15.4 Å². The number of aromatic nitrogens is 2. The van der Waals surface area contributed by atoms with Crippen LogP contribution in [0.25, 0.3) is 11.0 Å². The van der Waals surface area contributed by atoms with Crippen LogP contribution in [-0.4, -0.2) is 35.2 Å². The quantitative estimate of drug-likeness (QED) is 0.563. The van der Waals surface area contributed by atoms with Gasteiger partial charge >= 0.3 is 6.18 Å². The topological polar surface area (TPSA) is 65.2 Å². The second-order valence-corrected chi connectivity index (χ2v) is 9.04. The number of benzene rings is 1. The zero-order valence-corrected chi connectivity index (χ0v) is 19.5. The SMILES string of the molecule is C[C@@H]1CN(c2cc(=O)n(C)c3ccc(C#N)nc23)[C@H](C)C[C@H]1N(C)c1ccc(C(F)(F)F)cc1. The van der Waals surface area contributed by atoms with E-state index < -0.39 is 11.7 Å². The third-order valence-electron chi connectivity index (χ3n) is 6.85. The third-order valence-corrected chi connectivity index (χ3v) is 6.85. The number of anilines is 2. The summed E-state index contributed by atoms with van der Waals surface area (Å²) in [5.74, 6) is 0.154. The number of hydrogen-bond acceptors (Lipinski definition) is 5. The van der Waals surface area contributed by atoms with E-state index in [1.165, 1.54) is 16.7 Å². The number of pyridine rings is 2. The summed E-state index contributed by atoms with van der Waals surface area (Å²) in [7, 11) is 3.58. The minimum Gasteiger partial charge on any atom is -0.371 e. The van der Waals surface area contributed by atoms with Crippen LogP contribution in [0.3, 0.4) is 0 Å². The van der Waals surface area contributed by atoms with Gasteiger partial charge in [0.15, 0.2) is 0 Å². The zero-order chi connectivity index (χ0) is 24.8. The maximum absolute atomic E-state index is 12.9. The van der Waals surface area contributed by atoms with E-state index in [4.69, 9.17) is 0 Å². The van der Waals surface area contributed by atoms with Crippen molar-refractivity contribution in [3.05, 3.63) is 64.1 Å². The monoisotopic (exact) mass is 469 g/mol. The fraction of sp³-hybridized carbons (Fsp3) is 0.400. The fourth-order valence-corrected chi connectivity index (χ4v) is 4.87. The Morgan fingerprint density at radius 3 is 2.44 bits per heavy atom. The predicted octanol–water partition coefficient (Wildman–Crippen LogP) is 4.56. The summed E-state index contributed by atoms with van der Waals surface area (Å²) in [6, 6.07) is 12.4. The number of nitrogens with zero attached hydrogens (tertiary/aromatic N) is 5. The largest absolute Gasteiger partial charge is 0.416 e. The number of rotatable bonds is 3. The van der Waals surface area contributed by atoms with E-state index in [-0.39, 0.29) is 29.3 Å². The Morgan fingerprint density at radius 2 is 1.82 bits per heavy atom. The molecule has 178 valence electrons. The molecule has 0 unspecified atom stereocenters. The van der Waals surface area contributed by atoms with Gasteiger partial charge in [-0.2, -0.15) is 18.4 Å². The summed E-state index contributed by atoms with van der Waals surface area (Å²) < 4.78 is 40.3. The molecule has 6 nitrogen and oxygen atoms in total. The minimum atomic E-state index is -4.36. The zero-order valence-electron chi connectivity index (χ0n) is 19.5. The van der Waals surface area contributed by atoms with Gasteiger partial charge in [-0.3, -0.25) is 4.79 Å². The molecule has 4 rings (SSSR count). The second kappa shape index (κ2) is 8.67. The Kier molecular flexibility index (Phi) is 6.02. The molecule has 3 aromatic rings. The van der Waals surface area contributed by atoms with Crippen molar-refractivity contribution >= 4 is 22.4 Å². The molecule has 34 heavy (non-hydrogen) atoms. The summed E-state index contributed by atoms with van der Waals surface area (Å²) in [6.07, 6.45) is -3.62. The van der Waals surface area contributed by atoms with Crippen LogP contribution in [0.5, 0.6) is 0 Å². The van der Waals surface area contributed by atoms with Gasteiger partial charge in [-0.1, -0.05) is 6.92 Å². The minimum absolute atomic E-state index is 0.0425. The lowest BCUT2D eigenvalue weighted by Gasteiger charge is -2.47. The molecule has 0 radical (unpaired) electrons. The number of hydrogen-bond donors (Lipinski definition) is 0. The van der Waals surface area contributed by atoms with Crippen molar-refractivity contribution in [1.29, 1.82) is 5.26 Å². The highest BCUT2D eigenvalue weighted by atomic mass is 19.4. The van der Waals surface area contributed by atoms with E-state index in [0.717, 1.165) is 24.2 Å². The molecule has 2 aromatic heterocycles. The summed E-state index contributed by atoms with van der Waals surface area (Å²) in [4.78, 5) is 21.3. The number of alkyl halides is 3. The number of fused-ring (bicyclic) bond motifs is 1. The number of halogens is 3. The van der Waals surface area contributed by atoms with Crippen LogP contribution in [0.4, 0.5) is 24.5 Å². The van der Waals surface area contributed by atoms with Gasteiger partial charge in [0.1, 0.15) is 17.3 Å². The highest BCUT2D eigenvalue weighted by Crippen LogP contribution is 2.35. The standard InChI is InChI=1S/C25H26F3N5O/c1-15-14-33(22-12-23(34)32(4)20-10-7-18(13-29)30-24(20)22)16(2)11-21(15)31(3)19-8-5-17(6-9-19)25(26,27)28/h5-10,12,15-16,21H,11,14H2,1-4H3/t15-,16-,21-/m1/s1. The average Bonchev–Trinajstić information content (AvgIpc) is 2.81. The molecule has 1 aromatic carbocycles. The lowest BCUT2D eigenvalue weighted by Crippen LogP contribution is -2.53. The lowest BCUT2D eigenvalue weighted by molar-refractivity contribution is -0.137. The van der Waals surface area contributed by atoms with Crippen molar-refractivity contribution in [2.24, 2.45) is 13.0 Å². The molecule has 1 aliphatic heterocycles. The molecule has 0 bridgehead atoms. The van der Waals surface area contributed by atoms with Crippen molar-refractivity contribution < 1.29 is 13.2 Å². The Bertz CT molecular complexity index is 1310. The lowest BCUT2D eigenvalue weighted by atomic mass is 9.87. The highest BCUT2D eigenvalue weighted by Gasteiger charge is 2.35. The normalized spacial score (nSPS) is 20.9. The van der Waals surface area contributed by atoms with Gasteiger partial charge in [0, 0.05) is 44.5 Å². The van der Waals surface area contributed by atoms with Crippen molar-refractivity contribution in [1.82, 2.24) is 9.55 Å². The van der Waals surface area contributed by atoms with E-state index in [2.05, 4.69) is 29.8 Å². The van der Waals surface area contributed by atoms with Gasteiger partial charge in [0.25, 0.3) is 5.56 Å². The molecule has 1 fully saturated rings. The molecule has 0 N–H and O–H groups in total. The van der Waals surface area contributed by atoms with Crippen LogP contribution in [0.15, 0.2) is 47.3 Å². The van der Waals surface area contributed by atoms with E-state index in [0.29, 0.717) is 23.3 Å². The molecule has 0 amide bonds. The molecule has 1 aliphatic rings. The maximum Gasteiger partial charge on any atom is 0.416 e. The first kappa shape index (κ1) is 23.6. The van der Waals surface area contributed by atoms with Gasteiger partial charge in [-0.05, 0) is 55.7 Å². The van der Waals surface area contributed by atoms with Crippen molar-refractivity contribution in [3.63, 3.8) is 0 Å². The molecular formula is C25H26F3N5O. The summed E-state index contributed by atoms with van der Waals surface area (Å²) in [5.41, 5.74) is 2.15. The van der Waals surface area contributed by atoms with E-state index in [1.807, 2.05) is 11.9 Å². The smallest absolute Gasteiger partial charge is 0.371 e. The Hall–Kier alpha value is -3.54. The summed E-state index contributed by atoms with van der Waals surface area (Å²) in [6.45, 7) is 4.80. The molecule has 9 heteroatoms. The number of piperidine rings is 1. The Labute approximate surface area is 195 Å². The van der Waals surface area contributed by atoms with Crippen LogP contribution in [-0.2, 0) is 13.2 Å². The summed E-state index contributed by atoms with van der Waals surface area (Å²) >= 11 is 0. The highest BCUT2D eigenvalue weighted by molar-refractivity contribution is 5.89. The molecule has 0 aliphatic carbocycles. The van der Waals surface area contributed by atoms with Gasteiger partial charge in [0.2, 0.25) is 0 Å². The van der Waals surface area contributed by atoms with Crippen molar-refractivity contribution in [2.45, 2.75) is 38.5 Å². The molecule has 3 atom stereocenters. The van der Waals surface area contributed by atoms with E-state index in [9.17, 15) is 23.2 Å². The second-order valence-electron chi connectivity index (χ2n) is 9.04. The number of nitriles is 1. The van der Waals surface area contributed by atoms with Gasteiger partial charge in [0.05, 0.1) is 16.8 Å². The van der Waals surface area contributed by atoms with Crippen LogP contribution >= 0.6 is 0 Å². The molecule has 3 heterocycles. The summed E-state index contributed by atoms with van der Waals surface area (Å²) in [5, 5.41) is 9.32. The number of aryl methyl sites for hydroxylation is 1. The molecular weight excluding hydrogens is 443 g/mol. The molecule has 1 saturated heterocycles. The van der Waals surface area contributed by atoms with Crippen LogP contribution in [0, 0.1) is 17.2 Å². The van der Waals surface area contributed by atoms with Gasteiger partial charge in [-0.25, -0.2) is 4.98 Å². The van der Waals surface area contributed by atoms with E-state index >= 15 is 0 Å². The Morgan fingerprint density at radius 1 is 1.15 bits per heavy atom. The predicted molar refractivity (Wildman–Crippen MR) is 126 cm³/mol. The van der Waals surface area contributed by atoms with Crippen LogP contribution in [0.2, 0.25) is 0 Å². The Balaban J connectivity index is 1.64. The molecule has 0 saturated carbocycles. The average molecular weight is 470 g/mol. The third kappa shape index (κ3) is 4.20. The molecule has 0 spiro atoms. The fourth-order valence-electron chi connectivity index (χ4n) is 4.87. The maximum atomic E-state index is 12.9. The van der Waals surface area contributed by atoms with Crippen LogP contribution in [0.1, 0.15) is 31.5 Å². The van der Waals surface area contributed by atoms with Crippen molar-refractivity contribution in [3.8, 4) is 6.07 Å². The van der Waals surface area contributed by atoms with Gasteiger partial charge < -0.3 is 14.4 Å². The van der Waals surface area contributed by atoms with E-state index in [1.54, 1.807) is 25.2 Å². The first-order valence-corrected chi connectivity index (χ1v) is 11.1. The first-order valence-electron chi connectivity index (χ1n) is 11.1. The first-order chi connectivity index (χ1) is 16.0. The van der Waals surface area contributed by atoms with Gasteiger partial charge in [-0.15, -0.1) is 0 Å².